The van der Waals surface area contributed by atoms with Crippen LogP contribution in [0.3, 0.4) is 0 Å². The minimum absolute atomic E-state index is 0.167. The van der Waals surface area contributed by atoms with Crippen LogP contribution in [0.15, 0.2) is 48.5 Å². The molecule has 124 valence electrons. The topological polar surface area (TPSA) is 20.3 Å². The second kappa shape index (κ2) is 6.04. The van der Waals surface area contributed by atoms with Gasteiger partial charge in [-0.05, 0) is 68.4 Å². The highest BCUT2D eigenvalue weighted by atomic mass is 19.1. The van der Waals surface area contributed by atoms with Crippen molar-refractivity contribution in [2.75, 3.05) is 0 Å². The van der Waals surface area contributed by atoms with E-state index in [0.29, 0.717) is 18.0 Å². The van der Waals surface area contributed by atoms with Crippen LogP contribution < -0.4 is 0 Å². The lowest BCUT2D eigenvalue weighted by Crippen LogP contribution is -2.46. The number of fused-ring (bicyclic) bond motifs is 2. The number of amides is 1. The van der Waals surface area contributed by atoms with Gasteiger partial charge in [0, 0.05) is 17.6 Å². The first kappa shape index (κ1) is 15.4. The van der Waals surface area contributed by atoms with Gasteiger partial charge in [0.05, 0.1) is 0 Å². The predicted molar refractivity (Wildman–Crippen MR) is 92.5 cm³/mol. The maximum atomic E-state index is 13.2. The van der Waals surface area contributed by atoms with E-state index >= 15 is 0 Å². The van der Waals surface area contributed by atoms with Gasteiger partial charge in [-0.15, -0.1) is 0 Å². The van der Waals surface area contributed by atoms with Crippen LogP contribution in [0.4, 0.5) is 4.39 Å². The Bertz CT molecular complexity index is 723. The second-order valence-electron chi connectivity index (χ2n) is 7.18. The van der Waals surface area contributed by atoms with Crippen LogP contribution in [0.1, 0.15) is 53.1 Å². The summed E-state index contributed by atoms with van der Waals surface area (Å²) in [5.41, 5.74) is 3.16. The molecule has 3 heteroatoms. The standard InChI is InChI=1S/C21H22FNO/c1-14-2-4-16(5-3-14)21(24)23-19-10-11-20(23)13-17(12-19)15-6-8-18(22)9-7-15/h2-9,17,19-20H,10-13H2,1H3/t17-,19+,20-. The van der Waals surface area contributed by atoms with Gasteiger partial charge in [0.25, 0.3) is 5.91 Å². The third-order valence-corrected chi connectivity index (χ3v) is 5.61. The van der Waals surface area contributed by atoms with E-state index in [2.05, 4.69) is 4.90 Å². The van der Waals surface area contributed by atoms with Crippen LogP contribution in [0.2, 0.25) is 0 Å². The fourth-order valence-electron chi connectivity index (χ4n) is 4.36. The van der Waals surface area contributed by atoms with Crippen molar-refractivity contribution in [1.82, 2.24) is 4.90 Å². The Labute approximate surface area is 142 Å². The van der Waals surface area contributed by atoms with Crippen LogP contribution >= 0.6 is 0 Å². The fourth-order valence-corrected chi connectivity index (χ4v) is 4.36. The molecule has 2 nitrogen and oxygen atoms in total. The number of carbonyl (C=O) groups excluding carboxylic acids is 1. The van der Waals surface area contributed by atoms with Gasteiger partial charge in [-0.1, -0.05) is 29.8 Å². The Morgan fingerprint density at radius 3 is 2.12 bits per heavy atom. The number of halogens is 1. The first-order chi connectivity index (χ1) is 11.6. The Balaban J connectivity index is 1.53. The summed E-state index contributed by atoms with van der Waals surface area (Å²) in [6.45, 7) is 2.03. The molecule has 0 aliphatic carbocycles. The molecule has 2 bridgehead atoms. The van der Waals surface area contributed by atoms with Crippen molar-refractivity contribution < 1.29 is 9.18 Å². The van der Waals surface area contributed by atoms with E-state index < -0.39 is 0 Å². The van der Waals surface area contributed by atoms with Crippen LogP contribution in [-0.4, -0.2) is 22.9 Å². The number of hydrogen-bond donors (Lipinski definition) is 0. The molecule has 3 atom stereocenters. The van der Waals surface area contributed by atoms with Gasteiger partial charge in [-0.25, -0.2) is 4.39 Å². The van der Waals surface area contributed by atoms with Gasteiger partial charge in [-0.3, -0.25) is 4.79 Å². The molecule has 1 amide bonds. The Morgan fingerprint density at radius 2 is 1.54 bits per heavy atom. The minimum Gasteiger partial charge on any atom is -0.333 e. The molecule has 0 saturated carbocycles. The van der Waals surface area contributed by atoms with E-state index in [-0.39, 0.29) is 11.7 Å². The molecule has 2 aliphatic rings. The lowest BCUT2D eigenvalue weighted by molar-refractivity contribution is 0.0571. The molecule has 4 rings (SSSR count). The lowest BCUT2D eigenvalue weighted by Gasteiger charge is -2.39. The SMILES string of the molecule is Cc1ccc(C(=O)N2[C@@H]3CC[C@H]2C[C@@H](c2ccc(F)cc2)C3)cc1. The summed E-state index contributed by atoms with van der Waals surface area (Å²) in [5.74, 6) is 0.416. The summed E-state index contributed by atoms with van der Waals surface area (Å²) in [4.78, 5) is 15.1. The van der Waals surface area contributed by atoms with Gasteiger partial charge >= 0.3 is 0 Å². The number of carbonyl (C=O) groups is 1. The third kappa shape index (κ3) is 2.72. The van der Waals surface area contributed by atoms with Gasteiger partial charge in [0.1, 0.15) is 5.82 Å². The summed E-state index contributed by atoms with van der Waals surface area (Å²) in [5, 5.41) is 0. The molecule has 2 aliphatic heterocycles. The van der Waals surface area contributed by atoms with Gasteiger partial charge in [0.15, 0.2) is 0 Å². The molecule has 2 heterocycles. The van der Waals surface area contributed by atoms with E-state index in [4.69, 9.17) is 0 Å². The molecule has 24 heavy (non-hydrogen) atoms. The van der Waals surface area contributed by atoms with Gasteiger partial charge in [0.2, 0.25) is 0 Å². The Hall–Kier alpha value is -2.16. The number of nitrogens with zero attached hydrogens (tertiary/aromatic N) is 1. The van der Waals surface area contributed by atoms with Crippen LogP contribution in [-0.2, 0) is 0 Å². The molecule has 0 aromatic heterocycles. The highest BCUT2D eigenvalue weighted by molar-refractivity contribution is 5.95. The van der Waals surface area contributed by atoms with Crippen LogP contribution in [0.25, 0.3) is 0 Å². The fraction of sp³-hybridized carbons (Fsp3) is 0.381. The van der Waals surface area contributed by atoms with E-state index in [1.54, 1.807) is 12.1 Å². The van der Waals surface area contributed by atoms with Crippen molar-refractivity contribution in [2.24, 2.45) is 0 Å². The van der Waals surface area contributed by atoms with E-state index in [1.807, 2.05) is 43.3 Å². The van der Waals surface area contributed by atoms with Crippen molar-refractivity contribution >= 4 is 5.91 Å². The van der Waals surface area contributed by atoms with Crippen molar-refractivity contribution in [3.63, 3.8) is 0 Å². The van der Waals surface area contributed by atoms with Crippen molar-refractivity contribution in [2.45, 2.75) is 50.6 Å². The zero-order valence-electron chi connectivity index (χ0n) is 13.9. The monoisotopic (exact) mass is 323 g/mol. The molecular weight excluding hydrogens is 301 g/mol. The quantitative estimate of drug-likeness (QED) is 0.785. The molecule has 2 fully saturated rings. The summed E-state index contributed by atoms with van der Waals surface area (Å²) in [6.07, 6.45) is 4.14. The lowest BCUT2D eigenvalue weighted by atomic mass is 9.85. The van der Waals surface area contributed by atoms with Crippen molar-refractivity contribution in [3.8, 4) is 0 Å². The maximum Gasteiger partial charge on any atom is 0.254 e. The molecular formula is C21H22FNO. The largest absolute Gasteiger partial charge is 0.333 e. The molecule has 2 aromatic carbocycles. The molecule has 0 radical (unpaired) electrons. The average Bonchev–Trinajstić information content (AvgIpc) is 2.85. The molecule has 0 unspecified atom stereocenters. The third-order valence-electron chi connectivity index (χ3n) is 5.61. The summed E-state index contributed by atoms with van der Waals surface area (Å²) < 4.78 is 13.2. The van der Waals surface area contributed by atoms with Crippen molar-refractivity contribution in [1.29, 1.82) is 0 Å². The number of benzene rings is 2. The smallest absolute Gasteiger partial charge is 0.254 e. The minimum atomic E-state index is -0.186. The Morgan fingerprint density at radius 1 is 0.958 bits per heavy atom. The van der Waals surface area contributed by atoms with E-state index in [0.717, 1.165) is 31.2 Å². The number of aryl methyl sites for hydroxylation is 1. The average molecular weight is 323 g/mol. The highest BCUT2D eigenvalue weighted by Crippen LogP contribution is 2.43. The number of hydrogen-bond acceptors (Lipinski definition) is 1. The first-order valence-corrected chi connectivity index (χ1v) is 8.76. The molecule has 2 saturated heterocycles. The summed E-state index contributed by atoms with van der Waals surface area (Å²) >= 11 is 0. The number of rotatable bonds is 2. The van der Waals surface area contributed by atoms with Gasteiger partial charge in [-0.2, -0.15) is 0 Å². The zero-order valence-corrected chi connectivity index (χ0v) is 13.9. The predicted octanol–water partition coefficient (Wildman–Crippen LogP) is 4.68. The van der Waals surface area contributed by atoms with E-state index in [9.17, 15) is 9.18 Å². The first-order valence-electron chi connectivity index (χ1n) is 8.76. The second-order valence-corrected chi connectivity index (χ2v) is 7.18. The summed E-state index contributed by atoms with van der Waals surface area (Å²) in [6, 6.07) is 15.4. The summed E-state index contributed by atoms with van der Waals surface area (Å²) in [7, 11) is 0. The molecule has 0 N–H and O–H groups in total. The van der Waals surface area contributed by atoms with Crippen LogP contribution in [0, 0.1) is 12.7 Å². The normalized spacial score (nSPS) is 25.8. The van der Waals surface area contributed by atoms with Crippen LogP contribution in [0.5, 0.6) is 0 Å². The maximum absolute atomic E-state index is 13.2. The molecule has 0 spiro atoms. The van der Waals surface area contributed by atoms with E-state index in [1.165, 1.54) is 11.1 Å². The highest BCUT2D eigenvalue weighted by Gasteiger charge is 2.43. The van der Waals surface area contributed by atoms with Crippen molar-refractivity contribution in [3.05, 3.63) is 71.0 Å². The molecule has 2 aromatic rings. The van der Waals surface area contributed by atoms with Gasteiger partial charge < -0.3 is 4.90 Å². The Kier molecular flexibility index (Phi) is 3.87. The number of piperidine rings is 1. The zero-order chi connectivity index (χ0) is 16.7.